The minimum Gasteiger partial charge on any atom is -0.443 e. The van der Waals surface area contributed by atoms with Crippen molar-refractivity contribution in [2.45, 2.75) is 6.04 Å². The molecule has 0 saturated carbocycles. The number of nitrogens with two attached hydrogens (primary N) is 1. The number of rotatable bonds is 2. The summed E-state index contributed by atoms with van der Waals surface area (Å²) < 4.78 is 5.10. The van der Waals surface area contributed by atoms with Crippen LogP contribution in [0.25, 0.3) is 11.1 Å². The summed E-state index contributed by atoms with van der Waals surface area (Å²) in [4.78, 5) is 3.95. The lowest BCUT2D eigenvalue weighted by Gasteiger charge is -2.09. The summed E-state index contributed by atoms with van der Waals surface area (Å²) in [5.74, 6) is 0. The molecule has 0 aliphatic carbocycles. The Balaban J connectivity index is 2.58. The molecule has 0 bridgehead atoms. The predicted octanol–water partition coefficient (Wildman–Crippen LogP) is 1.47. The van der Waals surface area contributed by atoms with Crippen LogP contribution in [0.15, 0.2) is 22.9 Å². The van der Waals surface area contributed by atoms with Crippen molar-refractivity contribution in [2.24, 2.45) is 5.73 Å². The minimum atomic E-state index is -0.489. The van der Waals surface area contributed by atoms with Gasteiger partial charge >= 0.3 is 0 Å². The Morgan fingerprint density at radius 2 is 2.36 bits per heavy atom. The van der Waals surface area contributed by atoms with E-state index in [-0.39, 0.29) is 6.61 Å². The summed E-state index contributed by atoms with van der Waals surface area (Å²) in [6.07, 6.45) is 1.34. The van der Waals surface area contributed by atoms with E-state index < -0.39 is 6.04 Å². The molecule has 14 heavy (non-hydrogen) atoms. The van der Waals surface area contributed by atoms with Crippen LogP contribution < -0.4 is 5.73 Å². The third-order valence-corrected chi connectivity index (χ3v) is 2.37. The molecule has 74 valence electrons. The standard InChI is InChI=1S/C9H9ClN2O2/c10-6-2-8-9(14-4-12-8)1-5(6)7(11)3-13/h1-2,4,7,13H,3,11H2. The number of aliphatic hydroxyl groups excluding tert-OH is 1. The fourth-order valence-electron chi connectivity index (χ4n) is 1.28. The van der Waals surface area contributed by atoms with E-state index in [1.165, 1.54) is 6.39 Å². The first-order valence-electron chi connectivity index (χ1n) is 4.11. The van der Waals surface area contributed by atoms with Crippen LogP contribution >= 0.6 is 11.6 Å². The number of nitrogens with zero attached hydrogens (tertiary/aromatic N) is 1. The summed E-state index contributed by atoms with van der Waals surface area (Å²) in [6.45, 7) is -0.153. The van der Waals surface area contributed by atoms with Crippen molar-refractivity contribution >= 4 is 22.7 Å². The zero-order valence-corrected chi connectivity index (χ0v) is 8.03. The third kappa shape index (κ3) is 1.48. The fourth-order valence-corrected chi connectivity index (χ4v) is 1.57. The van der Waals surface area contributed by atoms with Gasteiger partial charge in [-0.05, 0) is 17.7 Å². The molecule has 0 spiro atoms. The Morgan fingerprint density at radius 1 is 1.57 bits per heavy atom. The van der Waals surface area contributed by atoms with Crippen molar-refractivity contribution in [1.82, 2.24) is 4.98 Å². The monoisotopic (exact) mass is 212 g/mol. The van der Waals surface area contributed by atoms with E-state index in [1.54, 1.807) is 12.1 Å². The van der Waals surface area contributed by atoms with E-state index in [0.717, 1.165) is 0 Å². The van der Waals surface area contributed by atoms with Crippen molar-refractivity contribution in [2.75, 3.05) is 6.61 Å². The molecule has 0 aliphatic rings. The van der Waals surface area contributed by atoms with E-state index in [1.807, 2.05) is 0 Å². The number of aliphatic hydroxyl groups is 1. The maximum atomic E-state index is 8.91. The maximum absolute atomic E-state index is 8.91. The lowest BCUT2D eigenvalue weighted by atomic mass is 10.1. The molecule has 1 aromatic heterocycles. The number of benzene rings is 1. The van der Waals surface area contributed by atoms with E-state index in [9.17, 15) is 0 Å². The van der Waals surface area contributed by atoms with Crippen LogP contribution in [0.3, 0.4) is 0 Å². The maximum Gasteiger partial charge on any atom is 0.181 e. The highest BCUT2D eigenvalue weighted by Crippen LogP contribution is 2.26. The van der Waals surface area contributed by atoms with Gasteiger partial charge in [0.1, 0.15) is 5.52 Å². The molecule has 4 nitrogen and oxygen atoms in total. The molecular weight excluding hydrogens is 204 g/mol. The highest BCUT2D eigenvalue weighted by molar-refractivity contribution is 6.32. The van der Waals surface area contributed by atoms with Crippen LogP contribution in [0.1, 0.15) is 11.6 Å². The predicted molar refractivity (Wildman–Crippen MR) is 53.0 cm³/mol. The number of aromatic nitrogens is 1. The van der Waals surface area contributed by atoms with Gasteiger partial charge in [0.05, 0.1) is 12.6 Å². The average Bonchev–Trinajstić information content (AvgIpc) is 2.62. The number of hydrogen-bond donors (Lipinski definition) is 2. The van der Waals surface area contributed by atoms with Gasteiger partial charge in [-0.1, -0.05) is 11.6 Å². The summed E-state index contributed by atoms with van der Waals surface area (Å²) in [5.41, 5.74) is 7.63. The van der Waals surface area contributed by atoms with Gasteiger partial charge in [-0.15, -0.1) is 0 Å². The molecule has 0 amide bonds. The van der Waals surface area contributed by atoms with Crippen LogP contribution in [-0.2, 0) is 0 Å². The number of halogens is 1. The second kappa shape index (κ2) is 3.57. The van der Waals surface area contributed by atoms with Crippen LogP contribution in [0.4, 0.5) is 0 Å². The lowest BCUT2D eigenvalue weighted by Crippen LogP contribution is -2.14. The van der Waals surface area contributed by atoms with Crippen LogP contribution in [0.5, 0.6) is 0 Å². The highest BCUT2D eigenvalue weighted by Gasteiger charge is 2.12. The van der Waals surface area contributed by atoms with Crippen molar-refractivity contribution < 1.29 is 9.52 Å². The largest absolute Gasteiger partial charge is 0.443 e. The first kappa shape index (κ1) is 9.45. The van der Waals surface area contributed by atoms with Gasteiger partial charge in [0, 0.05) is 5.02 Å². The fraction of sp³-hybridized carbons (Fsp3) is 0.222. The van der Waals surface area contributed by atoms with Crippen LogP contribution in [0, 0.1) is 0 Å². The van der Waals surface area contributed by atoms with Crippen LogP contribution in [0.2, 0.25) is 5.02 Å². The van der Waals surface area contributed by atoms with Crippen molar-refractivity contribution in [3.8, 4) is 0 Å². The number of fused-ring (bicyclic) bond motifs is 1. The topological polar surface area (TPSA) is 72.3 Å². The summed E-state index contributed by atoms with van der Waals surface area (Å²) >= 11 is 5.96. The first-order chi connectivity index (χ1) is 6.72. The molecule has 0 fully saturated rings. The first-order valence-corrected chi connectivity index (χ1v) is 4.49. The molecule has 1 unspecified atom stereocenters. The molecule has 2 aromatic rings. The molecule has 5 heteroatoms. The minimum absolute atomic E-state index is 0.153. The SMILES string of the molecule is NC(CO)c1cc2ocnc2cc1Cl. The Morgan fingerprint density at radius 3 is 3.07 bits per heavy atom. The zero-order chi connectivity index (χ0) is 10.1. The van der Waals surface area contributed by atoms with Crippen molar-refractivity contribution in [1.29, 1.82) is 0 Å². The van der Waals surface area contributed by atoms with Crippen LogP contribution in [-0.4, -0.2) is 16.7 Å². The van der Waals surface area contributed by atoms with Crippen molar-refractivity contribution in [3.63, 3.8) is 0 Å². The third-order valence-electron chi connectivity index (χ3n) is 2.05. The van der Waals surface area contributed by atoms with Gasteiger partial charge in [-0.25, -0.2) is 4.98 Å². The molecule has 0 aliphatic heterocycles. The van der Waals surface area contributed by atoms with Gasteiger partial charge in [0.2, 0.25) is 0 Å². The molecule has 0 radical (unpaired) electrons. The summed E-state index contributed by atoms with van der Waals surface area (Å²) in [5, 5.41) is 9.40. The van der Waals surface area contributed by atoms with E-state index >= 15 is 0 Å². The molecule has 3 N–H and O–H groups in total. The number of oxazole rings is 1. The highest BCUT2D eigenvalue weighted by atomic mass is 35.5. The Labute approximate surface area is 85.3 Å². The number of hydrogen-bond acceptors (Lipinski definition) is 4. The Bertz CT molecular complexity index is 455. The smallest absolute Gasteiger partial charge is 0.181 e. The van der Waals surface area contributed by atoms with Crippen molar-refractivity contribution in [3.05, 3.63) is 29.1 Å². The average molecular weight is 213 g/mol. The van der Waals surface area contributed by atoms with Gasteiger partial charge in [-0.3, -0.25) is 0 Å². The van der Waals surface area contributed by atoms with Gasteiger partial charge in [0.25, 0.3) is 0 Å². The quantitative estimate of drug-likeness (QED) is 0.791. The molecular formula is C9H9ClN2O2. The van der Waals surface area contributed by atoms with Gasteiger partial charge < -0.3 is 15.3 Å². The second-order valence-electron chi connectivity index (χ2n) is 2.98. The van der Waals surface area contributed by atoms with E-state index in [2.05, 4.69) is 4.98 Å². The molecule has 0 saturated heterocycles. The van der Waals surface area contributed by atoms with Gasteiger partial charge in [0.15, 0.2) is 12.0 Å². The molecule has 2 rings (SSSR count). The summed E-state index contributed by atoms with van der Waals surface area (Å²) in [7, 11) is 0. The zero-order valence-electron chi connectivity index (χ0n) is 7.27. The lowest BCUT2D eigenvalue weighted by molar-refractivity contribution is 0.268. The molecule has 1 heterocycles. The molecule has 1 atom stereocenters. The Kier molecular flexibility index (Phi) is 2.41. The van der Waals surface area contributed by atoms with Gasteiger partial charge in [-0.2, -0.15) is 0 Å². The molecule has 1 aromatic carbocycles. The Hall–Kier alpha value is -1.10. The summed E-state index contributed by atoms with van der Waals surface area (Å²) in [6, 6.07) is 2.88. The van der Waals surface area contributed by atoms with E-state index in [0.29, 0.717) is 21.7 Å². The second-order valence-corrected chi connectivity index (χ2v) is 3.39. The normalized spacial score (nSPS) is 13.4. The van der Waals surface area contributed by atoms with E-state index in [4.69, 9.17) is 26.9 Å².